The summed E-state index contributed by atoms with van der Waals surface area (Å²) in [6, 6.07) is 11.9. The highest BCUT2D eigenvalue weighted by molar-refractivity contribution is 5.79. The van der Waals surface area contributed by atoms with Crippen molar-refractivity contribution in [3.05, 3.63) is 65.7 Å². The Labute approximate surface area is 127 Å². The maximum absolute atomic E-state index is 12.8. The van der Waals surface area contributed by atoms with Gasteiger partial charge in [0.25, 0.3) is 0 Å². The van der Waals surface area contributed by atoms with Crippen LogP contribution in [0.15, 0.2) is 48.8 Å². The molecule has 5 heteroatoms. The monoisotopic (exact) mass is 297 g/mol. The Kier molecular flexibility index (Phi) is 3.87. The SMILES string of the molecule is Cn1cnc2cc(CNC(=O)Cc3ccc(F)cc3)ccc21. The molecule has 0 fully saturated rings. The standard InChI is InChI=1S/C17H16FN3O/c1-21-11-20-15-8-13(4-7-16(15)21)10-19-17(22)9-12-2-5-14(18)6-3-12/h2-8,11H,9-10H2,1H3,(H,19,22). The van der Waals surface area contributed by atoms with Gasteiger partial charge in [0.2, 0.25) is 5.91 Å². The average molecular weight is 297 g/mol. The largest absolute Gasteiger partial charge is 0.352 e. The van der Waals surface area contributed by atoms with E-state index in [4.69, 9.17) is 0 Å². The number of benzene rings is 2. The summed E-state index contributed by atoms with van der Waals surface area (Å²) in [5.41, 5.74) is 3.76. The Morgan fingerprint density at radius 3 is 2.68 bits per heavy atom. The van der Waals surface area contributed by atoms with Gasteiger partial charge in [0.15, 0.2) is 0 Å². The predicted octanol–water partition coefficient (Wildman–Crippen LogP) is 2.57. The van der Waals surface area contributed by atoms with E-state index < -0.39 is 0 Å². The number of rotatable bonds is 4. The molecule has 0 bridgehead atoms. The molecule has 2 aromatic carbocycles. The topological polar surface area (TPSA) is 46.9 Å². The van der Waals surface area contributed by atoms with Gasteiger partial charge in [0, 0.05) is 13.6 Å². The molecule has 1 aromatic heterocycles. The highest BCUT2D eigenvalue weighted by Gasteiger charge is 2.05. The molecule has 3 rings (SSSR count). The van der Waals surface area contributed by atoms with Crippen LogP contribution in [0.4, 0.5) is 4.39 Å². The summed E-state index contributed by atoms with van der Waals surface area (Å²) in [6.07, 6.45) is 2.01. The second kappa shape index (κ2) is 5.97. The van der Waals surface area contributed by atoms with Gasteiger partial charge in [-0.15, -0.1) is 0 Å². The zero-order valence-electron chi connectivity index (χ0n) is 12.2. The first-order valence-electron chi connectivity index (χ1n) is 7.03. The van der Waals surface area contributed by atoms with Gasteiger partial charge >= 0.3 is 0 Å². The van der Waals surface area contributed by atoms with Crippen molar-refractivity contribution in [2.75, 3.05) is 0 Å². The van der Waals surface area contributed by atoms with Crippen LogP contribution in [0.25, 0.3) is 11.0 Å². The Hall–Kier alpha value is -2.69. The number of imidazole rings is 1. The number of nitrogens with zero attached hydrogens (tertiary/aromatic N) is 2. The zero-order chi connectivity index (χ0) is 15.5. The lowest BCUT2D eigenvalue weighted by Crippen LogP contribution is -2.24. The van der Waals surface area contributed by atoms with Crippen molar-refractivity contribution in [1.82, 2.24) is 14.9 Å². The van der Waals surface area contributed by atoms with Crippen LogP contribution >= 0.6 is 0 Å². The highest BCUT2D eigenvalue weighted by atomic mass is 19.1. The van der Waals surface area contributed by atoms with Gasteiger partial charge in [-0.2, -0.15) is 0 Å². The summed E-state index contributed by atoms with van der Waals surface area (Å²) in [5, 5.41) is 2.87. The molecule has 4 nitrogen and oxygen atoms in total. The van der Waals surface area contributed by atoms with Gasteiger partial charge in [0.05, 0.1) is 23.8 Å². The van der Waals surface area contributed by atoms with Gasteiger partial charge in [0.1, 0.15) is 5.82 Å². The first-order valence-corrected chi connectivity index (χ1v) is 7.03. The number of fused-ring (bicyclic) bond motifs is 1. The van der Waals surface area contributed by atoms with Crippen molar-refractivity contribution in [2.24, 2.45) is 7.05 Å². The van der Waals surface area contributed by atoms with E-state index in [1.807, 2.05) is 29.8 Å². The predicted molar refractivity (Wildman–Crippen MR) is 82.7 cm³/mol. The third-order valence-corrected chi connectivity index (χ3v) is 3.56. The van der Waals surface area contributed by atoms with E-state index in [0.29, 0.717) is 6.54 Å². The minimum atomic E-state index is -0.298. The first kappa shape index (κ1) is 14.3. The molecular weight excluding hydrogens is 281 g/mol. The molecule has 112 valence electrons. The Balaban J connectivity index is 1.60. The second-order valence-electron chi connectivity index (χ2n) is 5.26. The smallest absolute Gasteiger partial charge is 0.224 e. The van der Waals surface area contributed by atoms with Gasteiger partial charge in [-0.1, -0.05) is 18.2 Å². The Morgan fingerprint density at radius 2 is 1.91 bits per heavy atom. The molecule has 0 spiro atoms. The van der Waals surface area contributed by atoms with E-state index in [2.05, 4.69) is 10.3 Å². The molecule has 0 aliphatic heterocycles. The van der Waals surface area contributed by atoms with Gasteiger partial charge in [-0.25, -0.2) is 9.37 Å². The van der Waals surface area contributed by atoms with Crippen molar-refractivity contribution < 1.29 is 9.18 Å². The van der Waals surface area contributed by atoms with Gasteiger partial charge in [-0.05, 0) is 35.4 Å². The fourth-order valence-electron chi connectivity index (χ4n) is 2.34. The third-order valence-electron chi connectivity index (χ3n) is 3.56. The normalized spacial score (nSPS) is 10.8. The number of hydrogen-bond acceptors (Lipinski definition) is 2. The lowest BCUT2D eigenvalue weighted by atomic mass is 10.1. The number of hydrogen-bond donors (Lipinski definition) is 1. The average Bonchev–Trinajstić information content (AvgIpc) is 2.88. The molecule has 0 radical (unpaired) electrons. The molecule has 1 N–H and O–H groups in total. The van der Waals surface area contributed by atoms with Crippen molar-refractivity contribution in [1.29, 1.82) is 0 Å². The van der Waals surface area contributed by atoms with Crippen molar-refractivity contribution in [3.63, 3.8) is 0 Å². The minimum absolute atomic E-state index is 0.0901. The summed E-state index contributed by atoms with van der Waals surface area (Å²) in [4.78, 5) is 16.2. The molecular formula is C17H16FN3O. The van der Waals surface area contributed by atoms with E-state index in [1.165, 1.54) is 12.1 Å². The number of carbonyl (C=O) groups excluding carboxylic acids is 1. The fourth-order valence-corrected chi connectivity index (χ4v) is 2.34. The van der Waals surface area contributed by atoms with Crippen LogP contribution in [0, 0.1) is 5.82 Å². The number of amides is 1. The Morgan fingerprint density at radius 1 is 1.18 bits per heavy atom. The van der Waals surface area contributed by atoms with E-state index in [1.54, 1.807) is 18.5 Å². The third kappa shape index (κ3) is 3.14. The lowest BCUT2D eigenvalue weighted by Gasteiger charge is -2.06. The van der Waals surface area contributed by atoms with Crippen LogP contribution in [0.5, 0.6) is 0 Å². The molecule has 22 heavy (non-hydrogen) atoms. The van der Waals surface area contributed by atoms with Crippen LogP contribution in [-0.4, -0.2) is 15.5 Å². The fraction of sp³-hybridized carbons (Fsp3) is 0.176. The Bertz CT molecular complexity index is 808. The second-order valence-corrected chi connectivity index (χ2v) is 5.26. The van der Waals surface area contributed by atoms with Crippen LogP contribution < -0.4 is 5.32 Å². The molecule has 0 saturated heterocycles. The summed E-state index contributed by atoms with van der Waals surface area (Å²) < 4.78 is 14.8. The van der Waals surface area contributed by atoms with Crippen molar-refractivity contribution in [2.45, 2.75) is 13.0 Å². The van der Waals surface area contributed by atoms with E-state index in [9.17, 15) is 9.18 Å². The zero-order valence-corrected chi connectivity index (χ0v) is 12.2. The summed E-state index contributed by atoms with van der Waals surface area (Å²) in [7, 11) is 1.94. The van der Waals surface area contributed by atoms with Crippen LogP contribution in [-0.2, 0) is 24.8 Å². The molecule has 0 atom stereocenters. The molecule has 3 aromatic rings. The number of nitrogens with one attached hydrogen (secondary N) is 1. The molecule has 0 aliphatic carbocycles. The summed E-state index contributed by atoms with van der Waals surface area (Å²) in [5.74, 6) is -0.388. The first-order chi connectivity index (χ1) is 10.6. The van der Waals surface area contributed by atoms with E-state index in [-0.39, 0.29) is 18.1 Å². The van der Waals surface area contributed by atoms with Crippen LogP contribution in [0.2, 0.25) is 0 Å². The minimum Gasteiger partial charge on any atom is -0.352 e. The number of aryl methyl sites for hydroxylation is 1. The lowest BCUT2D eigenvalue weighted by molar-refractivity contribution is -0.120. The number of aromatic nitrogens is 2. The highest BCUT2D eigenvalue weighted by Crippen LogP contribution is 2.13. The molecule has 0 saturated carbocycles. The maximum Gasteiger partial charge on any atom is 0.224 e. The summed E-state index contributed by atoms with van der Waals surface area (Å²) >= 11 is 0. The van der Waals surface area contributed by atoms with Crippen molar-refractivity contribution in [3.8, 4) is 0 Å². The maximum atomic E-state index is 12.8. The molecule has 0 aliphatic rings. The molecule has 1 amide bonds. The van der Waals surface area contributed by atoms with Gasteiger partial charge < -0.3 is 9.88 Å². The van der Waals surface area contributed by atoms with Gasteiger partial charge in [-0.3, -0.25) is 4.79 Å². The van der Waals surface area contributed by atoms with E-state index in [0.717, 1.165) is 22.2 Å². The van der Waals surface area contributed by atoms with E-state index >= 15 is 0 Å². The quantitative estimate of drug-likeness (QED) is 0.804. The molecule has 0 unspecified atom stereocenters. The number of carbonyl (C=O) groups is 1. The van der Waals surface area contributed by atoms with Crippen LogP contribution in [0.1, 0.15) is 11.1 Å². The molecule has 1 heterocycles. The van der Waals surface area contributed by atoms with Crippen molar-refractivity contribution >= 4 is 16.9 Å². The van der Waals surface area contributed by atoms with Crippen LogP contribution in [0.3, 0.4) is 0 Å². The number of halogens is 1. The summed E-state index contributed by atoms with van der Waals surface area (Å²) in [6.45, 7) is 0.451.